The molecular formula is C16H12F2N2O2S2. The van der Waals surface area contributed by atoms with Crippen molar-refractivity contribution in [3.8, 4) is 11.1 Å². The number of rotatable bonds is 4. The molecule has 0 saturated carbocycles. The summed E-state index contributed by atoms with van der Waals surface area (Å²) in [5, 5.41) is 0.175. The Bertz CT molecular complexity index is 984. The molecule has 0 spiro atoms. The third-order valence-electron chi connectivity index (χ3n) is 3.24. The normalized spacial score (nSPS) is 11.5. The minimum absolute atomic E-state index is 0.175. The topological polar surface area (TPSA) is 59.1 Å². The highest BCUT2D eigenvalue weighted by molar-refractivity contribution is 7.93. The molecule has 1 aromatic heterocycles. The van der Waals surface area contributed by atoms with Gasteiger partial charge in [0.15, 0.2) is 5.13 Å². The Morgan fingerprint density at radius 2 is 1.71 bits per heavy atom. The van der Waals surface area contributed by atoms with Crippen LogP contribution in [0.2, 0.25) is 0 Å². The van der Waals surface area contributed by atoms with Crippen molar-refractivity contribution >= 4 is 26.5 Å². The monoisotopic (exact) mass is 366 g/mol. The Labute approximate surface area is 141 Å². The van der Waals surface area contributed by atoms with Crippen molar-refractivity contribution < 1.29 is 17.2 Å². The highest BCUT2D eigenvalue weighted by Crippen LogP contribution is 2.26. The first-order valence-corrected chi connectivity index (χ1v) is 9.16. The first kappa shape index (κ1) is 16.5. The van der Waals surface area contributed by atoms with Crippen LogP contribution in [-0.2, 0) is 10.0 Å². The van der Waals surface area contributed by atoms with Crippen molar-refractivity contribution in [2.45, 2.75) is 11.8 Å². The fourth-order valence-electron chi connectivity index (χ4n) is 2.11. The van der Waals surface area contributed by atoms with Crippen LogP contribution in [0.5, 0.6) is 0 Å². The van der Waals surface area contributed by atoms with E-state index in [4.69, 9.17) is 0 Å². The predicted molar refractivity (Wildman–Crippen MR) is 89.5 cm³/mol. The average molecular weight is 366 g/mol. The first-order chi connectivity index (χ1) is 11.3. The lowest BCUT2D eigenvalue weighted by Crippen LogP contribution is -2.14. The fourth-order valence-corrected chi connectivity index (χ4v) is 4.08. The summed E-state index contributed by atoms with van der Waals surface area (Å²) in [4.78, 5) is 4.26. The van der Waals surface area contributed by atoms with E-state index in [1.807, 2.05) is 0 Å². The van der Waals surface area contributed by atoms with E-state index in [2.05, 4.69) is 9.71 Å². The molecule has 124 valence electrons. The maximum atomic E-state index is 14.3. The Hall–Kier alpha value is -2.32. The summed E-state index contributed by atoms with van der Waals surface area (Å²) in [7, 11) is -4.07. The molecule has 2 aromatic carbocycles. The molecular weight excluding hydrogens is 354 g/mol. The van der Waals surface area contributed by atoms with E-state index in [1.165, 1.54) is 42.6 Å². The SMILES string of the molecule is Cc1cnc(NS(=O)(=O)c2ccc(-c3ccc(F)cc3)cc2F)s1. The van der Waals surface area contributed by atoms with Crippen molar-refractivity contribution in [3.63, 3.8) is 0 Å². The van der Waals surface area contributed by atoms with Crippen molar-refractivity contribution in [2.24, 2.45) is 0 Å². The molecule has 0 atom stereocenters. The van der Waals surface area contributed by atoms with Gasteiger partial charge in [-0.3, -0.25) is 4.72 Å². The average Bonchev–Trinajstić information content (AvgIpc) is 2.92. The molecule has 0 amide bonds. The van der Waals surface area contributed by atoms with Gasteiger partial charge in [-0.05, 0) is 42.3 Å². The summed E-state index contributed by atoms with van der Waals surface area (Å²) < 4.78 is 54.1. The lowest BCUT2D eigenvalue weighted by Gasteiger charge is -2.08. The quantitative estimate of drug-likeness (QED) is 0.753. The van der Waals surface area contributed by atoms with Gasteiger partial charge in [0.25, 0.3) is 10.0 Å². The first-order valence-electron chi connectivity index (χ1n) is 6.86. The lowest BCUT2D eigenvalue weighted by molar-refractivity contribution is 0.570. The maximum Gasteiger partial charge on any atom is 0.266 e. The van der Waals surface area contributed by atoms with E-state index in [0.29, 0.717) is 11.1 Å². The highest BCUT2D eigenvalue weighted by Gasteiger charge is 2.21. The van der Waals surface area contributed by atoms with Crippen LogP contribution in [0, 0.1) is 18.6 Å². The third kappa shape index (κ3) is 3.44. The van der Waals surface area contributed by atoms with Gasteiger partial charge in [-0.2, -0.15) is 0 Å². The van der Waals surface area contributed by atoms with E-state index in [-0.39, 0.29) is 5.13 Å². The molecule has 0 bridgehead atoms. The number of aryl methyl sites for hydroxylation is 1. The van der Waals surface area contributed by atoms with Crippen molar-refractivity contribution in [1.82, 2.24) is 4.98 Å². The van der Waals surface area contributed by atoms with Crippen molar-refractivity contribution in [3.05, 3.63) is 65.2 Å². The predicted octanol–water partition coefficient (Wildman–Crippen LogP) is 4.20. The molecule has 0 aliphatic carbocycles. The van der Waals surface area contributed by atoms with E-state index in [1.54, 1.807) is 6.92 Å². The molecule has 0 radical (unpaired) electrons. The summed E-state index contributed by atoms with van der Waals surface area (Å²) in [5.74, 6) is -1.29. The largest absolute Gasteiger partial charge is 0.266 e. The van der Waals surface area contributed by atoms with Crippen molar-refractivity contribution in [2.75, 3.05) is 4.72 Å². The number of sulfonamides is 1. The van der Waals surface area contributed by atoms with Crippen LogP contribution in [0.4, 0.5) is 13.9 Å². The lowest BCUT2D eigenvalue weighted by atomic mass is 10.1. The number of anilines is 1. The van der Waals surface area contributed by atoms with E-state index in [9.17, 15) is 17.2 Å². The highest BCUT2D eigenvalue weighted by atomic mass is 32.2. The third-order valence-corrected chi connectivity index (χ3v) is 5.57. The van der Waals surface area contributed by atoms with E-state index < -0.39 is 26.6 Å². The molecule has 0 aliphatic rings. The molecule has 4 nitrogen and oxygen atoms in total. The Balaban J connectivity index is 1.93. The summed E-state index contributed by atoms with van der Waals surface area (Å²) in [6.07, 6.45) is 1.52. The number of hydrogen-bond donors (Lipinski definition) is 1. The number of nitrogens with one attached hydrogen (secondary N) is 1. The molecule has 0 unspecified atom stereocenters. The minimum Gasteiger partial charge on any atom is -0.255 e. The molecule has 24 heavy (non-hydrogen) atoms. The van der Waals surface area contributed by atoms with Gasteiger partial charge in [0.1, 0.15) is 16.5 Å². The van der Waals surface area contributed by atoms with Gasteiger partial charge < -0.3 is 0 Å². The van der Waals surface area contributed by atoms with Crippen LogP contribution in [-0.4, -0.2) is 13.4 Å². The Morgan fingerprint density at radius 1 is 1.04 bits per heavy atom. The van der Waals surface area contributed by atoms with Crippen LogP contribution in [0.25, 0.3) is 11.1 Å². The summed E-state index contributed by atoms with van der Waals surface area (Å²) >= 11 is 1.16. The van der Waals surface area contributed by atoms with E-state index in [0.717, 1.165) is 22.3 Å². The molecule has 0 saturated heterocycles. The number of halogens is 2. The summed E-state index contributed by atoms with van der Waals surface area (Å²) in [6.45, 7) is 1.79. The van der Waals surface area contributed by atoms with Crippen molar-refractivity contribution in [1.29, 1.82) is 0 Å². The second-order valence-electron chi connectivity index (χ2n) is 5.03. The second kappa shape index (κ2) is 6.29. The van der Waals surface area contributed by atoms with Gasteiger partial charge in [0, 0.05) is 11.1 Å². The molecule has 3 aromatic rings. The molecule has 1 heterocycles. The molecule has 0 aliphatic heterocycles. The number of nitrogens with zero attached hydrogens (tertiary/aromatic N) is 1. The Morgan fingerprint density at radius 3 is 2.29 bits per heavy atom. The smallest absolute Gasteiger partial charge is 0.255 e. The molecule has 1 N–H and O–H groups in total. The number of thiazole rings is 1. The van der Waals surface area contributed by atoms with Crippen LogP contribution >= 0.6 is 11.3 Å². The summed E-state index contributed by atoms with van der Waals surface area (Å²) in [5.41, 5.74) is 1.04. The van der Waals surface area contributed by atoms with Crippen LogP contribution in [0.15, 0.2) is 53.6 Å². The van der Waals surface area contributed by atoms with Gasteiger partial charge in [-0.15, -0.1) is 11.3 Å². The maximum absolute atomic E-state index is 14.3. The van der Waals surface area contributed by atoms with Crippen LogP contribution in [0.3, 0.4) is 0 Å². The summed E-state index contributed by atoms with van der Waals surface area (Å²) in [6, 6.07) is 9.25. The number of hydrogen-bond acceptors (Lipinski definition) is 4. The zero-order valence-corrected chi connectivity index (χ0v) is 14.1. The molecule has 8 heteroatoms. The van der Waals surface area contributed by atoms with Gasteiger partial charge >= 0.3 is 0 Å². The van der Waals surface area contributed by atoms with Gasteiger partial charge in [-0.25, -0.2) is 22.2 Å². The van der Waals surface area contributed by atoms with E-state index >= 15 is 0 Å². The van der Waals surface area contributed by atoms with Gasteiger partial charge in [0.05, 0.1) is 0 Å². The van der Waals surface area contributed by atoms with Crippen LogP contribution < -0.4 is 4.72 Å². The zero-order chi connectivity index (χ0) is 17.3. The molecule has 3 rings (SSSR count). The van der Waals surface area contributed by atoms with Gasteiger partial charge in [0.2, 0.25) is 0 Å². The molecule has 0 fully saturated rings. The zero-order valence-electron chi connectivity index (χ0n) is 12.5. The van der Waals surface area contributed by atoms with Crippen LogP contribution in [0.1, 0.15) is 4.88 Å². The Kier molecular flexibility index (Phi) is 4.33. The minimum atomic E-state index is -4.07. The number of aromatic nitrogens is 1. The standard InChI is InChI=1S/C16H12F2N2O2S2/c1-10-9-19-16(23-10)20-24(21,22)15-7-4-12(8-14(15)18)11-2-5-13(17)6-3-11/h2-9H,1H3,(H,19,20). The fraction of sp³-hybridized carbons (Fsp3) is 0.0625. The number of benzene rings is 2. The second-order valence-corrected chi connectivity index (χ2v) is 7.92. The van der Waals surface area contributed by atoms with Gasteiger partial charge in [-0.1, -0.05) is 18.2 Å².